The Labute approximate surface area is 140 Å². The van der Waals surface area contributed by atoms with Gasteiger partial charge in [0, 0.05) is 12.6 Å². The molecular formula is C18H22N4O2. The lowest BCUT2D eigenvalue weighted by atomic mass is 9.76. The van der Waals surface area contributed by atoms with Crippen molar-refractivity contribution in [2.24, 2.45) is 5.73 Å². The van der Waals surface area contributed by atoms with Gasteiger partial charge in [-0.25, -0.2) is 9.78 Å². The molecule has 4 rings (SSSR count). The number of rotatable bonds is 3. The number of carboxylic acid groups (broad SMARTS) is 1. The molecule has 126 valence electrons. The van der Waals surface area contributed by atoms with E-state index in [2.05, 4.69) is 34.2 Å². The summed E-state index contributed by atoms with van der Waals surface area (Å²) in [4.78, 5) is 20.5. The molecule has 1 aromatic carbocycles. The van der Waals surface area contributed by atoms with Crippen LogP contribution in [0.15, 0.2) is 30.5 Å². The number of nitrogens with one attached hydrogen (secondary N) is 1. The fraction of sp³-hybridized carbons (Fsp3) is 0.444. The van der Waals surface area contributed by atoms with Crippen LogP contribution in [-0.4, -0.2) is 38.7 Å². The van der Waals surface area contributed by atoms with Crippen LogP contribution < -0.4 is 5.73 Å². The second-order valence-corrected chi connectivity index (χ2v) is 6.87. The van der Waals surface area contributed by atoms with E-state index in [1.165, 1.54) is 10.5 Å². The van der Waals surface area contributed by atoms with Gasteiger partial charge in [0.25, 0.3) is 0 Å². The molecule has 6 nitrogen and oxygen atoms in total. The van der Waals surface area contributed by atoms with E-state index in [1.807, 2.05) is 0 Å². The van der Waals surface area contributed by atoms with Gasteiger partial charge in [-0.1, -0.05) is 24.3 Å². The van der Waals surface area contributed by atoms with Gasteiger partial charge in [0.1, 0.15) is 5.82 Å². The molecule has 2 aliphatic rings. The molecule has 1 amide bonds. The van der Waals surface area contributed by atoms with Crippen LogP contribution in [0.5, 0.6) is 0 Å². The number of nitrogens with zero attached hydrogens (tertiary/aromatic N) is 2. The Balaban J connectivity index is 1.51. The maximum absolute atomic E-state index is 11.3. The number of benzene rings is 1. The first-order valence-electron chi connectivity index (χ1n) is 8.52. The van der Waals surface area contributed by atoms with Gasteiger partial charge in [0.2, 0.25) is 0 Å². The van der Waals surface area contributed by atoms with E-state index in [0.29, 0.717) is 18.5 Å². The SMILES string of the molecule is NC1CC(c2ccc(-c3cnc(C4CCCN4C(=O)O)[nH]3)cc2)C1. The standard InChI is InChI=1S/C18H22N4O2/c19-14-8-13(9-14)11-3-5-12(6-4-11)15-10-20-17(21-15)16-2-1-7-22(16)18(23)24/h3-6,10,13-14,16H,1-2,7-9,19H2,(H,20,21)(H,23,24). The number of aromatic nitrogens is 2. The highest BCUT2D eigenvalue weighted by Crippen LogP contribution is 2.36. The average Bonchev–Trinajstić information content (AvgIpc) is 3.20. The van der Waals surface area contributed by atoms with Gasteiger partial charge in [-0.05, 0) is 42.7 Å². The van der Waals surface area contributed by atoms with Crippen LogP contribution in [0.4, 0.5) is 4.79 Å². The average molecular weight is 326 g/mol. The minimum absolute atomic E-state index is 0.160. The molecule has 0 spiro atoms. The molecule has 4 N–H and O–H groups in total. The minimum atomic E-state index is -0.876. The molecule has 1 aliphatic heterocycles. The summed E-state index contributed by atoms with van der Waals surface area (Å²) in [5, 5.41) is 9.27. The molecule has 1 unspecified atom stereocenters. The minimum Gasteiger partial charge on any atom is -0.465 e. The topological polar surface area (TPSA) is 95.2 Å². The van der Waals surface area contributed by atoms with Crippen LogP contribution >= 0.6 is 0 Å². The molecule has 0 radical (unpaired) electrons. The van der Waals surface area contributed by atoms with Gasteiger partial charge in [0.05, 0.1) is 17.9 Å². The normalized spacial score (nSPS) is 26.4. The summed E-state index contributed by atoms with van der Waals surface area (Å²) >= 11 is 0. The lowest BCUT2D eigenvalue weighted by Crippen LogP contribution is -2.34. The zero-order valence-electron chi connectivity index (χ0n) is 13.5. The highest BCUT2D eigenvalue weighted by Gasteiger charge is 2.32. The first-order valence-corrected chi connectivity index (χ1v) is 8.52. The molecule has 6 heteroatoms. The largest absolute Gasteiger partial charge is 0.465 e. The zero-order chi connectivity index (χ0) is 16.7. The molecule has 2 heterocycles. The molecule has 1 saturated carbocycles. The van der Waals surface area contributed by atoms with Crippen molar-refractivity contribution in [2.75, 3.05) is 6.54 Å². The molecule has 1 saturated heterocycles. The summed E-state index contributed by atoms with van der Waals surface area (Å²) in [6.07, 6.45) is 4.76. The van der Waals surface area contributed by atoms with E-state index in [4.69, 9.17) is 5.73 Å². The van der Waals surface area contributed by atoms with Gasteiger partial charge in [-0.3, -0.25) is 4.90 Å². The molecule has 2 fully saturated rings. The Bertz CT molecular complexity index is 734. The van der Waals surface area contributed by atoms with Crippen molar-refractivity contribution in [3.05, 3.63) is 41.9 Å². The third kappa shape index (κ3) is 2.67. The predicted molar refractivity (Wildman–Crippen MR) is 90.7 cm³/mol. The summed E-state index contributed by atoms with van der Waals surface area (Å²) in [5.74, 6) is 1.33. The number of nitrogens with two attached hydrogens (primary N) is 1. The lowest BCUT2D eigenvalue weighted by Gasteiger charge is -2.32. The number of aromatic amines is 1. The number of H-pyrrole nitrogens is 1. The van der Waals surface area contributed by atoms with Crippen LogP contribution in [0, 0.1) is 0 Å². The summed E-state index contributed by atoms with van der Waals surface area (Å²) in [6, 6.07) is 8.71. The third-order valence-electron chi connectivity index (χ3n) is 5.28. The fourth-order valence-electron chi connectivity index (χ4n) is 3.80. The van der Waals surface area contributed by atoms with E-state index in [1.54, 1.807) is 6.20 Å². The van der Waals surface area contributed by atoms with Crippen LogP contribution in [0.1, 0.15) is 49.0 Å². The third-order valence-corrected chi connectivity index (χ3v) is 5.28. The molecule has 1 atom stereocenters. The number of amides is 1. The fourth-order valence-corrected chi connectivity index (χ4v) is 3.80. The Hall–Kier alpha value is -2.34. The Morgan fingerprint density at radius 2 is 2.04 bits per heavy atom. The van der Waals surface area contributed by atoms with Crippen molar-refractivity contribution < 1.29 is 9.90 Å². The van der Waals surface area contributed by atoms with Crippen LogP contribution in [0.3, 0.4) is 0 Å². The Morgan fingerprint density at radius 1 is 1.29 bits per heavy atom. The van der Waals surface area contributed by atoms with Crippen molar-refractivity contribution >= 4 is 6.09 Å². The maximum Gasteiger partial charge on any atom is 0.407 e. The van der Waals surface area contributed by atoms with Gasteiger partial charge in [0.15, 0.2) is 0 Å². The molecule has 24 heavy (non-hydrogen) atoms. The van der Waals surface area contributed by atoms with Crippen LogP contribution in [0.2, 0.25) is 0 Å². The van der Waals surface area contributed by atoms with E-state index in [0.717, 1.165) is 42.8 Å². The van der Waals surface area contributed by atoms with Gasteiger partial charge < -0.3 is 15.8 Å². The summed E-state index contributed by atoms with van der Waals surface area (Å²) < 4.78 is 0. The molecule has 1 aliphatic carbocycles. The number of hydrogen-bond acceptors (Lipinski definition) is 3. The monoisotopic (exact) mass is 326 g/mol. The van der Waals surface area contributed by atoms with Gasteiger partial charge in [-0.15, -0.1) is 0 Å². The smallest absolute Gasteiger partial charge is 0.407 e. The van der Waals surface area contributed by atoms with Crippen LogP contribution in [-0.2, 0) is 0 Å². The quantitative estimate of drug-likeness (QED) is 0.807. The van der Waals surface area contributed by atoms with E-state index >= 15 is 0 Å². The van der Waals surface area contributed by atoms with Crippen molar-refractivity contribution in [3.8, 4) is 11.3 Å². The lowest BCUT2D eigenvalue weighted by molar-refractivity contribution is 0.139. The van der Waals surface area contributed by atoms with Crippen molar-refractivity contribution in [3.63, 3.8) is 0 Å². The predicted octanol–water partition coefficient (Wildman–Crippen LogP) is 3.10. The molecular weight excluding hydrogens is 304 g/mol. The van der Waals surface area contributed by atoms with E-state index in [9.17, 15) is 9.90 Å². The molecule has 1 aromatic heterocycles. The summed E-state index contributed by atoms with van der Waals surface area (Å²) in [7, 11) is 0. The summed E-state index contributed by atoms with van der Waals surface area (Å²) in [6.45, 7) is 0.578. The van der Waals surface area contributed by atoms with Crippen molar-refractivity contribution in [1.29, 1.82) is 0 Å². The summed E-state index contributed by atoms with van der Waals surface area (Å²) in [5.41, 5.74) is 9.20. The highest BCUT2D eigenvalue weighted by molar-refractivity contribution is 5.66. The first-order chi connectivity index (χ1) is 11.6. The van der Waals surface area contributed by atoms with E-state index < -0.39 is 6.09 Å². The number of likely N-dealkylation sites (tertiary alicyclic amines) is 1. The number of hydrogen-bond donors (Lipinski definition) is 3. The molecule has 0 bridgehead atoms. The maximum atomic E-state index is 11.3. The zero-order valence-corrected chi connectivity index (χ0v) is 13.5. The van der Waals surface area contributed by atoms with Crippen molar-refractivity contribution in [2.45, 2.75) is 43.7 Å². The van der Waals surface area contributed by atoms with Crippen LogP contribution in [0.25, 0.3) is 11.3 Å². The second kappa shape index (κ2) is 5.94. The molecule has 2 aromatic rings. The second-order valence-electron chi connectivity index (χ2n) is 6.87. The number of imidazole rings is 1. The highest BCUT2D eigenvalue weighted by atomic mass is 16.4. The van der Waals surface area contributed by atoms with Crippen molar-refractivity contribution in [1.82, 2.24) is 14.9 Å². The van der Waals surface area contributed by atoms with Gasteiger partial charge >= 0.3 is 6.09 Å². The Kier molecular flexibility index (Phi) is 3.76. The van der Waals surface area contributed by atoms with Gasteiger partial charge in [-0.2, -0.15) is 0 Å². The first kappa shape index (κ1) is 15.2. The Morgan fingerprint density at radius 3 is 2.71 bits per heavy atom. The number of carbonyl (C=O) groups is 1. The van der Waals surface area contributed by atoms with E-state index in [-0.39, 0.29) is 6.04 Å².